The first kappa shape index (κ1) is 12.6. The van der Waals surface area contributed by atoms with E-state index in [9.17, 15) is 8.78 Å². The third-order valence-corrected chi connectivity index (χ3v) is 1.89. The van der Waals surface area contributed by atoms with Crippen LogP contribution >= 0.6 is 0 Å². The Balaban J connectivity index is 2.82. The summed E-state index contributed by atoms with van der Waals surface area (Å²) in [7, 11) is 1.44. The van der Waals surface area contributed by atoms with E-state index >= 15 is 0 Å². The van der Waals surface area contributed by atoms with Gasteiger partial charge in [0.15, 0.2) is 5.82 Å². The van der Waals surface area contributed by atoms with Crippen LogP contribution in [0.25, 0.3) is 0 Å². The highest BCUT2D eigenvalue weighted by molar-refractivity contribution is 5.37. The summed E-state index contributed by atoms with van der Waals surface area (Å²) >= 11 is 0. The third-order valence-electron chi connectivity index (χ3n) is 1.89. The van der Waals surface area contributed by atoms with Gasteiger partial charge in [0, 0.05) is 13.1 Å². The molecule has 0 saturated carbocycles. The second-order valence-corrected chi connectivity index (χ2v) is 3.05. The Morgan fingerprint density at radius 1 is 1.50 bits per heavy atom. The summed E-state index contributed by atoms with van der Waals surface area (Å²) < 4.78 is 29.5. The molecule has 0 bridgehead atoms. The van der Waals surface area contributed by atoms with Crippen molar-refractivity contribution >= 4 is 5.82 Å². The van der Waals surface area contributed by atoms with Crippen LogP contribution < -0.4 is 15.4 Å². The molecule has 0 saturated heterocycles. The first-order valence-corrected chi connectivity index (χ1v) is 4.76. The van der Waals surface area contributed by atoms with E-state index in [-0.39, 0.29) is 12.4 Å². The Morgan fingerprint density at radius 3 is 2.81 bits per heavy atom. The van der Waals surface area contributed by atoms with E-state index in [0.29, 0.717) is 12.4 Å². The molecule has 0 fully saturated rings. The van der Waals surface area contributed by atoms with Crippen LogP contribution in [0.3, 0.4) is 0 Å². The summed E-state index contributed by atoms with van der Waals surface area (Å²) in [6, 6.07) is 0. The summed E-state index contributed by atoms with van der Waals surface area (Å²) in [4.78, 5) is 9.24. The molecule has 2 N–H and O–H groups in total. The highest BCUT2D eigenvalue weighted by Crippen LogP contribution is 2.14. The van der Waals surface area contributed by atoms with Crippen molar-refractivity contribution in [2.45, 2.75) is 6.43 Å². The van der Waals surface area contributed by atoms with Crippen molar-refractivity contribution in [3.63, 3.8) is 0 Å². The molecule has 1 aromatic rings. The fourth-order valence-electron chi connectivity index (χ4n) is 1.21. The maximum absolute atomic E-state index is 12.3. The maximum atomic E-state index is 12.3. The molecule has 0 amide bonds. The first-order chi connectivity index (χ1) is 7.67. The van der Waals surface area contributed by atoms with Crippen molar-refractivity contribution in [2.24, 2.45) is 5.73 Å². The smallest absolute Gasteiger partial charge is 0.255 e. The molecular formula is C9H14F2N4O. The monoisotopic (exact) mass is 232 g/mol. The highest BCUT2D eigenvalue weighted by Gasteiger charge is 2.14. The van der Waals surface area contributed by atoms with Crippen LogP contribution in [0.2, 0.25) is 0 Å². The van der Waals surface area contributed by atoms with E-state index in [1.807, 2.05) is 0 Å². The summed E-state index contributed by atoms with van der Waals surface area (Å²) in [6.07, 6.45) is 0.368. The average Bonchev–Trinajstić information content (AvgIpc) is 2.28. The molecule has 1 heterocycles. The van der Waals surface area contributed by atoms with Gasteiger partial charge in [-0.15, -0.1) is 0 Å². The number of nitrogens with two attached hydrogens (primary N) is 1. The van der Waals surface area contributed by atoms with E-state index in [1.165, 1.54) is 24.4 Å². The third kappa shape index (κ3) is 3.58. The van der Waals surface area contributed by atoms with Gasteiger partial charge in [0.05, 0.1) is 26.0 Å². The van der Waals surface area contributed by atoms with E-state index in [0.717, 1.165) is 0 Å². The molecule has 1 rings (SSSR count). The summed E-state index contributed by atoms with van der Waals surface area (Å²) in [5, 5.41) is 0. The van der Waals surface area contributed by atoms with Gasteiger partial charge in [0.25, 0.3) is 6.43 Å². The lowest BCUT2D eigenvalue weighted by Crippen LogP contribution is -2.34. The van der Waals surface area contributed by atoms with Crippen LogP contribution in [0.4, 0.5) is 14.6 Å². The number of aromatic nitrogens is 2. The van der Waals surface area contributed by atoms with Gasteiger partial charge in [-0.05, 0) is 0 Å². The van der Waals surface area contributed by atoms with Crippen LogP contribution in [-0.4, -0.2) is 43.1 Å². The number of methoxy groups -OCH3 is 1. The lowest BCUT2D eigenvalue weighted by atomic mass is 10.4. The Morgan fingerprint density at radius 2 is 2.25 bits per heavy atom. The van der Waals surface area contributed by atoms with Gasteiger partial charge in [-0.3, -0.25) is 4.98 Å². The molecule has 5 nitrogen and oxygen atoms in total. The average molecular weight is 232 g/mol. The van der Waals surface area contributed by atoms with Crippen molar-refractivity contribution in [3.05, 3.63) is 12.4 Å². The number of hydrogen-bond donors (Lipinski definition) is 1. The summed E-state index contributed by atoms with van der Waals surface area (Å²) in [5.74, 6) is 0.624. The SMILES string of the molecule is COc1cncc(N(CCN)CC(F)F)n1. The fourth-order valence-corrected chi connectivity index (χ4v) is 1.21. The Labute approximate surface area is 92.2 Å². The number of nitrogens with zero attached hydrogens (tertiary/aromatic N) is 3. The maximum Gasteiger partial charge on any atom is 0.255 e. The van der Waals surface area contributed by atoms with Gasteiger partial charge in [0.2, 0.25) is 5.88 Å². The largest absolute Gasteiger partial charge is 0.480 e. The highest BCUT2D eigenvalue weighted by atomic mass is 19.3. The molecule has 90 valence electrons. The second-order valence-electron chi connectivity index (χ2n) is 3.05. The molecule has 7 heteroatoms. The van der Waals surface area contributed by atoms with Gasteiger partial charge in [-0.25, -0.2) is 8.78 Å². The normalized spacial score (nSPS) is 10.6. The second kappa shape index (κ2) is 6.16. The molecule has 16 heavy (non-hydrogen) atoms. The number of anilines is 1. The van der Waals surface area contributed by atoms with Crippen molar-refractivity contribution in [2.75, 3.05) is 31.6 Å². The van der Waals surface area contributed by atoms with Crippen LogP contribution in [0.15, 0.2) is 12.4 Å². The molecule has 0 radical (unpaired) electrons. The first-order valence-electron chi connectivity index (χ1n) is 4.76. The Bertz CT molecular complexity index is 324. The molecule has 0 aliphatic carbocycles. The van der Waals surface area contributed by atoms with Crippen LogP contribution in [0.5, 0.6) is 5.88 Å². The minimum absolute atomic E-state index is 0.269. The number of ether oxygens (including phenoxy) is 1. The van der Waals surface area contributed by atoms with Crippen molar-refractivity contribution in [1.29, 1.82) is 0 Å². The minimum Gasteiger partial charge on any atom is -0.480 e. The zero-order valence-electron chi connectivity index (χ0n) is 8.94. The topological polar surface area (TPSA) is 64.3 Å². The minimum atomic E-state index is -2.44. The number of alkyl halides is 2. The Hall–Kier alpha value is -1.50. The predicted octanol–water partition coefficient (Wildman–Crippen LogP) is 0.515. The summed E-state index contributed by atoms with van der Waals surface area (Å²) in [5.41, 5.74) is 5.35. The quantitative estimate of drug-likeness (QED) is 0.774. The van der Waals surface area contributed by atoms with Crippen molar-refractivity contribution in [3.8, 4) is 5.88 Å². The van der Waals surface area contributed by atoms with E-state index < -0.39 is 13.0 Å². The molecular weight excluding hydrogens is 218 g/mol. The van der Waals surface area contributed by atoms with Crippen LogP contribution in [0.1, 0.15) is 0 Å². The van der Waals surface area contributed by atoms with Crippen LogP contribution in [0, 0.1) is 0 Å². The van der Waals surface area contributed by atoms with Gasteiger partial charge in [-0.2, -0.15) is 4.98 Å². The van der Waals surface area contributed by atoms with Gasteiger partial charge in [-0.1, -0.05) is 0 Å². The lowest BCUT2D eigenvalue weighted by molar-refractivity contribution is 0.154. The molecule has 0 atom stereocenters. The van der Waals surface area contributed by atoms with Crippen LogP contribution in [-0.2, 0) is 0 Å². The van der Waals surface area contributed by atoms with Crippen molar-refractivity contribution < 1.29 is 13.5 Å². The van der Waals surface area contributed by atoms with Crippen molar-refractivity contribution in [1.82, 2.24) is 9.97 Å². The Kier molecular flexibility index (Phi) is 4.84. The lowest BCUT2D eigenvalue weighted by Gasteiger charge is -2.22. The molecule has 1 aromatic heterocycles. The van der Waals surface area contributed by atoms with E-state index in [4.69, 9.17) is 10.5 Å². The predicted molar refractivity (Wildman–Crippen MR) is 55.9 cm³/mol. The molecule has 0 aliphatic rings. The molecule has 0 aromatic carbocycles. The zero-order valence-corrected chi connectivity index (χ0v) is 8.94. The van der Waals surface area contributed by atoms with Gasteiger partial charge in [0.1, 0.15) is 0 Å². The van der Waals surface area contributed by atoms with E-state index in [2.05, 4.69) is 9.97 Å². The number of hydrogen-bond acceptors (Lipinski definition) is 5. The molecule has 0 aliphatic heterocycles. The fraction of sp³-hybridized carbons (Fsp3) is 0.556. The number of rotatable bonds is 6. The van der Waals surface area contributed by atoms with Gasteiger partial charge < -0.3 is 15.4 Å². The summed E-state index contributed by atoms with van der Waals surface area (Å²) in [6.45, 7) is 0.150. The standard InChI is InChI=1S/C9H14F2N4O/c1-16-9-5-13-4-8(14-9)15(3-2-12)6-7(10)11/h4-5,7H,2-3,6,12H2,1H3. The van der Waals surface area contributed by atoms with Gasteiger partial charge >= 0.3 is 0 Å². The number of halogens is 2. The molecule has 0 spiro atoms. The van der Waals surface area contributed by atoms with E-state index in [1.54, 1.807) is 0 Å². The molecule has 0 unspecified atom stereocenters. The zero-order chi connectivity index (χ0) is 12.0.